The molecule has 0 bridgehead atoms. The summed E-state index contributed by atoms with van der Waals surface area (Å²) in [5, 5.41) is 2.64. The Kier molecular flexibility index (Phi) is 7.45. The van der Waals surface area contributed by atoms with Crippen molar-refractivity contribution in [2.75, 3.05) is 11.9 Å². The summed E-state index contributed by atoms with van der Waals surface area (Å²) >= 11 is 0. The number of aromatic nitrogens is 1. The Bertz CT molecular complexity index is 999. The summed E-state index contributed by atoms with van der Waals surface area (Å²) in [6.45, 7) is 5.91. The molecule has 3 rings (SSSR count). The van der Waals surface area contributed by atoms with Crippen LogP contribution in [0.1, 0.15) is 71.1 Å². The predicted molar refractivity (Wildman–Crippen MR) is 120 cm³/mol. The van der Waals surface area contributed by atoms with Gasteiger partial charge in [0.05, 0.1) is 5.56 Å². The van der Waals surface area contributed by atoms with Crippen LogP contribution in [0.4, 0.5) is 5.69 Å². The summed E-state index contributed by atoms with van der Waals surface area (Å²) < 4.78 is 7.40. The van der Waals surface area contributed by atoms with Crippen LogP contribution in [0.25, 0.3) is 0 Å². The van der Waals surface area contributed by atoms with Gasteiger partial charge in [-0.2, -0.15) is 0 Å². The smallest absolute Gasteiger partial charge is 0.338 e. The highest BCUT2D eigenvalue weighted by molar-refractivity contribution is 6.00. The molecule has 0 spiro atoms. The number of ketones is 1. The fourth-order valence-corrected chi connectivity index (χ4v) is 4.00. The van der Waals surface area contributed by atoms with Crippen LogP contribution in [0.2, 0.25) is 0 Å². The normalized spacial score (nSPS) is 13.5. The van der Waals surface area contributed by atoms with Crippen LogP contribution in [-0.4, -0.2) is 28.8 Å². The number of anilines is 1. The molecule has 1 amide bonds. The van der Waals surface area contributed by atoms with E-state index in [-0.39, 0.29) is 18.3 Å². The van der Waals surface area contributed by atoms with E-state index in [1.54, 1.807) is 24.3 Å². The van der Waals surface area contributed by atoms with E-state index in [9.17, 15) is 14.4 Å². The second-order valence-electron chi connectivity index (χ2n) is 8.05. The quantitative estimate of drug-likeness (QED) is 0.369. The van der Waals surface area contributed by atoms with Crippen LogP contribution in [0.15, 0.2) is 42.0 Å². The standard InChI is InChI=1S/C25H30N2O4/c1-17-15-23(18(2)27(17)14-13-20-7-5-4-6-8-20)24(29)16-31-25(30)21-9-11-22(12-10-21)26-19(3)28/h7,9-12,15H,4-6,8,13-14,16H2,1-3H3,(H,26,28). The number of rotatable bonds is 8. The third-order valence-corrected chi connectivity index (χ3v) is 5.69. The lowest BCUT2D eigenvalue weighted by atomic mass is 9.97. The van der Waals surface area contributed by atoms with Crippen molar-refractivity contribution < 1.29 is 19.1 Å². The number of hydrogen-bond acceptors (Lipinski definition) is 4. The van der Waals surface area contributed by atoms with Gasteiger partial charge in [-0.05, 0) is 76.3 Å². The molecule has 6 heteroatoms. The summed E-state index contributed by atoms with van der Waals surface area (Å²) in [7, 11) is 0. The number of allylic oxidation sites excluding steroid dienone is 2. The molecule has 0 aliphatic heterocycles. The van der Waals surface area contributed by atoms with Crippen molar-refractivity contribution >= 4 is 23.3 Å². The molecule has 0 saturated carbocycles. The van der Waals surface area contributed by atoms with Crippen molar-refractivity contribution in [1.29, 1.82) is 0 Å². The number of benzene rings is 1. The van der Waals surface area contributed by atoms with Gasteiger partial charge in [-0.15, -0.1) is 0 Å². The number of esters is 1. The molecule has 0 radical (unpaired) electrons. The summed E-state index contributed by atoms with van der Waals surface area (Å²) in [5.74, 6) is -0.964. The largest absolute Gasteiger partial charge is 0.454 e. The molecule has 1 aliphatic carbocycles. The number of nitrogens with one attached hydrogen (secondary N) is 1. The Hall–Kier alpha value is -3.15. The van der Waals surface area contributed by atoms with Gasteiger partial charge in [-0.1, -0.05) is 11.6 Å². The van der Waals surface area contributed by atoms with E-state index in [4.69, 9.17) is 4.74 Å². The van der Waals surface area contributed by atoms with E-state index in [1.165, 1.54) is 38.2 Å². The van der Waals surface area contributed by atoms with E-state index in [2.05, 4.69) is 16.0 Å². The maximum Gasteiger partial charge on any atom is 0.338 e. The Balaban J connectivity index is 1.58. The zero-order chi connectivity index (χ0) is 22.4. The van der Waals surface area contributed by atoms with Crippen molar-refractivity contribution in [3.05, 3.63) is 64.5 Å². The van der Waals surface area contributed by atoms with E-state index >= 15 is 0 Å². The molecule has 1 aliphatic rings. The Morgan fingerprint density at radius 3 is 2.48 bits per heavy atom. The number of Topliss-reactive ketones (excluding diaryl/α,β-unsaturated/α-hetero) is 1. The first-order valence-electron chi connectivity index (χ1n) is 10.8. The van der Waals surface area contributed by atoms with Gasteiger partial charge in [-0.3, -0.25) is 9.59 Å². The van der Waals surface area contributed by atoms with Gasteiger partial charge in [0.1, 0.15) is 0 Å². The summed E-state index contributed by atoms with van der Waals surface area (Å²) in [6.07, 6.45) is 8.25. The highest BCUT2D eigenvalue weighted by Crippen LogP contribution is 2.23. The first-order valence-corrected chi connectivity index (χ1v) is 10.8. The van der Waals surface area contributed by atoms with Gasteiger partial charge in [0.15, 0.2) is 6.61 Å². The van der Waals surface area contributed by atoms with Gasteiger partial charge < -0.3 is 14.6 Å². The van der Waals surface area contributed by atoms with Gasteiger partial charge in [0.2, 0.25) is 11.7 Å². The fourth-order valence-electron chi connectivity index (χ4n) is 4.00. The molecule has 0 saturated heterocycles. The number of ether oxygens (including phenoxy) is 1. The molecule has 0 fully saturated rings. The molecular formula is C25H30N2O4. The first kappa shape index (κ1) is 22.5. The molecule has 0 unspecified atom stereocenters. The van der Waals surface area contributed by atoms with Crippen LogP contribution in [-0.2, 0) is 16.1 Å². The van der Waals surface area contributed by atoms with Crippen molar-refractivity contribution in [3.8, 4) is 0 Å². The molecule has 1 N–H and O–H groups in total. The van der Waals surface area contributed by atoms with Crippen molar-refractivity contribution in [1.82, 2.24) is 4.57 Å². The third-order valence-electron chi connectivity index (χ3n) is 5.69. The Morgan fingerprint density at radius 2 is 1.84 bits per heavy atom. The van der Waals surface area contributed by atoms with Crippen LogP contribution >= 0.6 is 0 Å². The average Bonchev–Trinajstić information content (AvgIpc) is 3.04. The number of carbonyl (C=O) groups is 3. The Morgan fingerprint density at radius 1 is 1.10 bits per heavy atom. The lowest BCUT2D eigenvalue weighted by Crippen LogP contribution is -2.15. The fraction of sp³-hybridized carbons (Fsp3) is 0.400. The van der Waals surface area contributed by atoms with Crippen molar-refractivity contribution in [3.63, 3.8) is 0 Å². The summed E-state index contributed by atoms with van der Waals surface area (Å²) in [6, 6.07) is 8.24. The number of aryl methyl sites for hydroxylation is 1. The summed E-state index contributed by atoms with van der Waals surface area (Å²) in [4.78, 5) is 36.0. The zero-order valence-corrected chi connectivity index (χ0v) is 18.5. The van der Waals surface area contributed by atoms with E-state index < -0.39 is 5.97 Å². The lowest BCUT2D eigenvalue weighted by molar-refractivity contribution is -0.114. The average molecular weight is 423 g/mol. The van der Waals surface area contributed by atoms with Crippen LogP contribution < -0.4 is 5.32 Å². The number of hydrogen-bond donors (Lipinski definition) is 1. The van der Waals surface area contributed by atoms with E-state index in [0.717, 1.165) is 24.4 Å². The zero-order valence-electron chi connectivity index (χ0n) is 18.5. The molecule has 2 aromatic rings. The van der Waals surface area contributed by atoms with Crippen LogP contribution in [0.5, 0.6) is 0 Å². The molecule has 1 aromatic heterocycles. The van der Waals surface area contributed by atoms with Gasteiger partial charge in [-0.25, -0.2) is 4.79 Å². The summed E-state index contributed by atoms with van der Waals surface area (Å²) in [5.41, 5.74) is 4.98. The van der Waals surface area contributed by atoms with E-state index in [1.807, 2.05) is 19.9 Å². The van der Waals surface area contributed by atoms with Gasteiger partial charge in [0, 0.05) is 36.1 Å². The van der Waals surface area contributed by atoms with Crippen LogP contribution in [0.3, 0.4) is 0 Å². The lowest BCUT2D eigenvalue weighted by Gasteiger charge is -2.15. The molecule has 31 heavy (non-hydrogen) atoms. The monoisotopic (exact) mass is 422 g/mol. The SMILES string of the molecule is CC(=O)Nc1ccc(C(=O)OCC(=O)c2cc(C)n(CCC3=CCCCC3)c2C)cc1. The number of carbonyl (C=O) groups excluding carboxylic acids is 3. The molecular weight excluding hydrogens is 392 g/mol. The highest BCUT2D eigenvalue weighted by Gasteiger charge is 2.18. The topological polar surface area (TPSA) is 77.4 Å². The minimum Gasteiger partial charge on any atom is -0.454 e. The number of amides is 1. The minimum atomic E-state index is -0.569. The van der Waals surface area contributed by atoms with Gasteiger partial charge in [0.25, 0.3) is 0 Å². The molecule has 1 heterocycles. The number of nitrogens with zero attached hydrogens (tertiary/aromatic N) is 1. The third kappa shape index (κ3) is 5.94. The predicted octanol–water partition coefficient (Wildman–Crippen LogP) is 4.99. The minimum absolute atomic E-state index is 0.186. The van der Waals surface area contributed by atoms with Gasteiger partial charge >= 0.3 is 5.97 Å². The first-order chi connectivity index (χ1) is 14.8. The Labute approximate surface area is 183 Å². The maximum atomic E-state index is 12.7. The molecule has 1 aromatic carbocycles. The second-order valence-corrected chi connectivity index (χ2v) is 8.05. The molecule has 6 nitrogen and oxygen atoms in total. The molecule has 164 valence electrons. The van der Waals surface area contributed by atoms with E-state index in [0.29, 0.717) is 16.8 Å². The molecule has 0 atom stereocenters. The second kappa shape index (κ2) is 10.2. The van der Waals surface area contributed by atoms with Crippen molar-refractivity contribution in [2.24, 2.45) is 0 Å². The highest BCUT2D eigenvalue weighted by atomic mass is 16.5. The van der Waals surface area contributed by atoms with Crippen molar-refractivity contribution in [2.45, 2.75) is 59.4 Å². The van der Waals surface area contributed by atoms with Crippen LogP contribution in [0, 0.1) is 13.8 Å². The maximum absolute atomic E-state index is 12.7.